The van der Waals surface area contributed by atoms with Gasteiger partial charge in [-0.1, -0.05) is 42.0 Å². The van der Waals surface area contributed by atoms with Crippen molar-refractivity contribution in [3.63, 3.8) is 0 Å². The number of amides is 1. The lowest BCUT2D eigenvalue weighted by atomic mass is 9.97. The zero-order valence-corrected chi connectivity index (χ0v) is 16.5. The molecule has 0 saturated carbocycles. The topological polar surface area (TPSA) is 79.5 Å². The van der Waals surface area contributed by atoms with Crippen LogP contribution >= 0.6 is 0 Å². The number of anilines is 1. The average Bonchev–Trinajstić information content (AvgIpc) is 3.16. The van der Waals surface area contributed by atoms with E-state index in [0.717, 1.165) is 16.8 Å². The maximum absolute atomic E-state index is 12.7. The van der Waals surface area contributed by atoms with E-state index >= 15 is 0 Å². The summed E-state index contributed by atoms with van der Waals surface area (Å²) in [7, 11) is 0. The summed E-state index contributed by atoms with van der Waals surface area (Å²) in [4.78, 5) is 17.2. The van der Waals surface area contributed by atoms with Gasteiger partial charge in [-0.2, -0.15) is 5.10 Å². The average molecular weight is 386 g/mol. The molecule has 0 aliphatic heterocycles. The summed E-state index contributed by atoms with van der Waals surface area (Å²) in [5, 5.41) is 17.3. The maximum Gasteiger partial charge on any atom is 0.256 e. The fourth-order valence-electron chi connectivity index (χ4n) is 3.12. The molecule has 2 aromatic heterocycles. The number of carbonyl (C=O) groups excluding carboxylic acids is 1. The van der Waals surface area contributed by atoms with Gasteiger partial charge in [-0.15, -0.1) is 0 Å². The lowest BCUT2D eigenvalue weighted by molar-refractivity contribution is 0.0785. The van der Waals surface area contributed by atoms with E-state index in [0.29, 0.717) is 17.0 Å². The molecule has 0 spiro atoms. The highest BCUT2D eigenvalue weighted by Crippen LogP contribution is 2.24. The van der Waals surface area contributed by atoms with Crippen LogP contribution in [0.5, 0.6) is 0 Å². The highest BCUT2D eigenvalue weighted by atomic mass is 16.3. The molecule has 2 heterocycles. The quantitative estimate of drug-likeness (QED) is 0.551. The molecule has 0 aliphatic carbocycles. The van der Waals surface area contributed by atoms with Gasteiger partial charge in [0.25, 0.3) is 5.91 Å². The minimum Gasteiger partial charge on any atom is -0.386 e. The van der Waals surface area contributed by atoms with E-state index in [-0.39, 0.29) is 5.91 Å². The third kappa shape index (κ3) is 3.88. The Bertz CT molecular complexity index is 1170. The Morgan fingerprint density at radius 3 is 2.38 bits per heavy atom. The Balaban J connectivity index is 1.66. The van der Waals surface area contributed by atoms with Gasteiger partial charge in [0.1, 0.15) is 5.82 Å². The van der Waals surface area contributed by atoms with E-state index in [9.17, 15) is 9.90 Å². The highest BCUT2D eigenvalue weighted by molar-refractivity contribution is 6.04. The van der Waals surface area contributed by atoms with Gasteiger partial charge in [0.05, 0.1) is 17.5 Å². The molecule has 4 rings (SSSR count). The summed E-state index contributed by atoms with van der Waals surface area (Å²) in [6.07, 6.45) is 1.68. The number of aryl methyl sites for hydroxylation is 1. The standard InChI is InChI=1S/C23H22N4O2/c1-15-4-6-16(7-5-15)19-14-20(25-21-12-13-24-27(19)21)26-22(28)17-8-10-18(11-9-17)23(2,3)29/h4-14,29H,1-3H3,(H,25,26,28). The van der Waals surface area contributed by atoms with Crippen molar-refractivity contribution in [1.82, 2.24) is 14.6 Å². The Morgan fingerprint density at radius 1 is 1.03 bits per heavy atom. The molecule has 6 heteroatoms. The van der Waals surface area contributed by atoms with E-state index < -0.39 is 5.60 Å². The molecular formula is C23H22N4O2. The Kier molecular flexibility index (Phi) is 4.64. The number of aliphatic hydroxyl groups is 1. The zero-order valence-electron chi connectivity index (χ0n) is 16.5. The van der Waals surface area contributed by atoms with Gasteiger partial charge < -0.3 is 10.4 Å². The predicted molar refractivity (Wildman–Crippen MR) is 113 cm³/mol. The third-order valence-corrected chi connectivity index (χ3v) is 4.80. The first kappa shape index (κ1) is 18.8. The van der Waals surface area contributed by atoms with Gasteiger partial charge in [-0.3, -0.25) is 4.79 Å². The summed E-state index contributed by atoms with van der Waals surface area (Å²) in [5.74, 6) is 0.184. The molecule has 0 aliphatic rings. The van der Waals surface area contributed by atoms with E-state index in [1.807, 2.05) is 37.3 Å². The molecule has 2 N–H and O–H groups in total. The van der Waals surface area contributed by atoms with Crippen LogP contribution in [0.1, 0.15) is 35.3 Å². The molecule has 4 aromatic rings. The fourth-order valence-corrected chi connectivity index (χ4v) is 3.12. The van der Waals surface area contributed by atoms with Crippen LogP contribution in [-0.2, 0) is 5.60 Å². The molecule has 0 radical (unpaired) electrons. The second-order valence-electron chi connectivity index (χ2n) is 7.58. The van der Waals surface area contributed by atoms with Crippen molar-refractivity contribution < 1.29 is 9.90 Å². The van der Waals surface area contributed by atoms with Gasteiger partial charge >= 0.3 is 0 Å². The van der Waals surface area contributed by atoms with Crippen molar-refractivity contribution in [3.8, 4) is 11.3 Å². The van der Waals surface area contributed by atoms with Crippen molar-refractivity contribution in [2.45, 2.75) is 26.4 Å². The number of hydrogen-bond donors (Lipinski definition) is 2. The van der Waals surface area contributed by atoms with E-state index in [4.69, 9.17) is 0 Å². The number of rotatable bonds is 4. The number of benzene rings is 2. The summed E-state index contributed by atoms with van der Waals surface area (Å²) in [5.41, 5.74) is 3.93. The molecule has 0 atom stereocenters. The molecule has 0 bridgehead atoms. The van der Waals surface area contributed by atoms with Crippen LogP contribution in [0.4, 0.5) is 5.82 Å². The van der Waals surface area contributed by atoms with Crippen LogP contribution in [0.15, 0.2) is 66.9 Å². The number of fused-ring (bicyclic) bond motifs is 1. The molecule has 29 heavy (non-hydrogen) atoms. The van der Waals surface area contributed by atoms with Gasteiger partial charge in [0.15, 0.2) is 5.65 Å². The Hall–Kier alpha value is -3.51. The summed E-state index contributed by atoms with van der Waals surface area (Å²) >= 11 is 0. The van der Waals surface area contributed by atoms with Gasteiger partial charge in [0.2, 0.25) is 0 Å². The summed E-state index contributed by atoms with van der Waals surface area (Å²) < 4.78 is 1.75. The number of nitrogens with one attached hydrogen (secondary N) is 1. The number of nitrogens with zero attached hydrogens (tertiary/aromatic N) is 3. The van der Waals surface area contributed by atoms with Crippen LogP contribution in [0.2, 0.25) is 0 Å². The first-order valence-electron chi connectivity index (χ1n) is 9.37. The molecule has 0 fully saturated rings. The Morgan fingerprint density at radius 2 is 1.72 bits per heavy atom. The van der Waals surface area contributed by atoms with Crippen molar-refractivity contribution >= 4 is 17.4 Å². The van der Waals surface area contributed by atoms with Crippen LogP contribution < -0.4 is 5.32 Å². The first-order valence-corrected chi connectivity index (χ1v) is 9.37. The highest BCUT2D eigenvalue weighted by Gasteiger charge is 2.17. The van der Waals surface area contributed by atoms with Crippen molar-refractivity contribution in [2.24, 2.45) is 0 Å². The Labute approximate surface area is 168 Å². The second-order valence-corrected chi connectivity index (χ2v) is 7.58. The van der Waals surface area contributed by atoms with Gasteiger partial charge in [-0.25, -0.2) is 9.50 Å². The zero-order chi connectivity index (χ0) is 20.6. The van der Waals surface area contributed by atoms with E-state index in [2.05, 4.69) is 15.4 Å². The van der Waals surface area contributed by atoms with E-state index in [1.165, 1.54) is 5.56 Å². The molecule has 146 valence electrons. The maximum atomic E-state index is 12.7. The minimum atomic E-state index is -0.952. The largest absolute Gasteiger partial charge is 0.386 e. The predicted octanol–water partition coefficient (Wildman–Crippen LogP) is 4.18. The molecule has 1 amide bonds. The smallest absolute Gasteiger partial charge is 0.256 e. The molecule has 0 unspecified atom stereocenters. The normalized spacial score (nSPS) is 11.6. The SMILES string of the molecule is Cc1ccc(-c2cc(NC(=O)c3ccc(C(C)(C)O)cc3)nc3ccnn23)cc1. The van der Waals surface area contributed by atoms with Crippen molar-refractivity contribution in [2.75, 3.05) is 5.32 Å². The lowest BCUT2D eigenvalue weighted by Gasteiger charge is -2.17. The number of carbonyl (C=O) groups is 1. The molecule has 0 saturated heterocycles. The van der Waals surface area contributed by atoms with Crippen LogP contribution in [-0.4, -0.2) is 25.6 Å². The molecular weight excluding hydrogens is 364 g/mol. The van der Waals surface area contributed by atoms with Crippen LogP contribution in [0.25, 0.3) is 16.9 Å². The van der Waals surface area contributed by atoms with Crippen LogP contribution in [0.3, 0.4) is 0 Å². The van der Waals surface area contributed by atoms with Crippen LogP contribution in [0, 0.1) is 6.92 Å². The third-order valence-electron chi connectivity index (χ3n) is 4.80. The van der Waals surface area contributed by atoms with Gasteiger partial charge in [-0.05, 0) is 38.5 Å². The summed E-state index contributed by atoms with van der Waals surface area (Å²) in [6.45, 7) is 5.45. The van der Waals surface area contributed by atoms with Crippen molar-refractivity contribution in [1.29, 1.82) is 0 Å². The number of hydrogen-bond acceptors (Lipinski definition) is 4. The first-order chi connectivity index (χ1) is 13.8. The summed E-state index contributed by atoms with van der Waals surface area (Å²) in [6, 6.07) is 18.6. The molecule has 2 aromatic carbocycles. The van der Waals surface area contributed by atoms with E-state index in [1.54, 1.807) is 54.9 Å². The second kappa shape index (κ2) is 7.14. The fraction of sp³-hybridized carbons (Fsp3) is 0.174. The van der Waals surface area contributed by atoms with Gasteiger partial charge in [0, 0.05) is 23.3 Å². The van der Waals surface area contributed by atoms with Crippen molar-refractivity contribution in [3.05, 3.63) is 83.6 Å². The lowest BCUT2D eigenvalue weighted by Crippen LogP contribution is -2.17. The minimum absolute atomic E-state index is 0.265. The molecule has 6 nitrogen and oxygen atoms in total. The number of aromatic nitrogens is 3. The monoisotopic (exact) mass is 386 g/mol.